The minimum absolute atomic E-state index is 0. The average molecular weight is 761 g/mol. The molecule has 0 amide bonds. The van der Waals surface area contributed by atoms with Crippen LogP contribution >= 0.6 is 0 Å². The molecule has 0 aromatic heterocycles. The quantitative estimate of drug-likeness (QED) is 0.164. The monoisotopic (exact) mass is 758 g/mol. The number of halogens is 2. The molecule has 7 aromatic carbocycles. The Morgan fingerprint density at radius 2 is 1.04 bits per heavy atom. The van der Waals surface area contributed by atoms with Gasteiger partial charge in [0.25, 0.3) is 0 Å². The Labute approximate surface area is 325 Å². The fraction of sp³-hybridized carbons (Fsp3) is 0.217. The normalized spacial score (nSPS) is 11.0. The van der Waals surface area contributed by atoms with Gasteiger partial charge in [-0.25, -0.2) is 0 Å². The molecule has 0 N–H and O–H groups in total. The van der Waals surface area contributed by atoms with E-state index >= 15 is 0 Å². The van der Waals surface area contributed by atoms with Crippen LogP contribution in [0, 0.1) is 20.8 Å². The van der Waals surface area contributed by atoms with Gasteiger partial charge < -0.3 is 24.8 Å². The van der Waals surface area contributed by atoms with Crippen LogP contribution in [0.2, 0.25) is 0 Å². The smallest absolute Gasteiger partial charge is 1.00 e. The maximum atomic E-state index is 2.35. The van der Waals surface area contributed by atoms with E-state index in [1.165, 1.54) is 82.7 Å². The van der Waals surface area contributed by atoms with Gasteiger partial charge in [-0.05, 0) is 47.4 Å². The molecule has 0 aliphatic carbocycles. The van der Waals surface area contributed by atoms with Crippen LogP contribution in [0.3, 0.4) is 0 Å². The van der Waals surface area contributed by atoms with Gasteiger partial charge in [-0.15, -0.1) is 63.0 Å². The maximum absolute atomic E-state index is 2.35. The van der Waals surface area contributed by atoms with Gasteiger partial charge in [0.2, 0.25) is 0 Å². The molecule has 49 heavy (non-hydrogen) atoms. The largest absolute Gasteiger partial charge is 4.00 e. The van der Waals surface area contributed by atoms with Crippen molar-refractivity contribution in [2.24, 2.45) is 0 Å². The Hall–Kier alpha value is -3.22. The predicted molar refractivity (Wildman–Crippen MR) is 202 cm³/mol. The number of aryl methyl sites for hydroxylation is 3. The third kappa shape index (κ3) is 9.12. The first-order chi connectivity index (χ1) is 22.0. The molecular formula is C46H46Cl2Zr. The summed E-state index contributed by atoms with van der Waals surface area (Å²) in [4.78, 5) is 0. The molecular weight excluding hydrogens is 715 g/mol. The van der Waals surface area contributed by atoms with Gasteiger partial charge in [0, 0.05) is 0 Å². The number of hydrogen-bond donors (Lipinski definition) is 0. The SMILES string of the molecule is CC(C)c1cc2c(-c3ccc(C(C)(C)C)cc3)cccc2[cH-]1.Cc1ccc(-c2cc(-c3ccc(C)cc3)c3cc(C)[cH-]c3c2)cc1.[Cl-].[Cl-].[Zr+4]. The molecule has 0 unspecified atom stereocenters. The first-order valence-corrected chi connectivity index (χ1v) is 16.6. The molecule has 0 nitrogen and oxygen atoms in total. The van der Waals surface area contributed by atoms with Gasteiger partial charge in [-0.1, -0.05) is 154 Å². The van der Waals surface area contributed by atoms with Crippen molar-refractivity contribution in [1.29, 1.82) is 0 Å². The third-order valence-electron chi connectivity index (χ3n) is 9.22. The van der Waals surface area contributed by atoms with Gasteiger partial charge >= 0.3 is 26.2 Å². The minimum Gasteiger partial charge on any atom is -1.00 e. The standard InChI is InChI=1S/C24H21.C22H25.2ClH.Zr/c1-16-4-8-19(9-5-16)21-14-22-12-18(3)13-23(22)24(15-21)20-10-6-17(2)7-11-20;1-15(2)18-13-17-7-6-8-20(21(17)14-18)16-9-11-19(12-10-16)22(3,4)5;;;/h4-15H,1-3H3;6-15H,1-5H3;2*1H;/q2*-1;;;+4/p-2. The summed E-state index contributed by atoms with van der Waals surface area (Å²) in [5.74, 6) is 0.573. The van der Waals surface area contributed by atoms with E-state index in [1.807, 2.05) is 0 Å². The zero-order valence-electron chi connectivity index (χ0n) is 30.0. The predicted octanol–water partition coefficient (Wildman–Crippen LogP) is 7.47. The van der Waals surface area contributed by atoms with Gasteiger partial charge in [-0.2, -0.15) is 12.1 Å². The number of benzene rings is 5. The topological polar surface area (TPSA) is 0 Å². The molecule has 0 bridgehead atoms. The van der Waals surface area contributed by atoms with Crippen LogP contribution in [0.5, 0.6) is 0 Å². The summed E-state index contributed by atoms with van der Waals surface area (Å²) in [5, 5.41) is 5.38. The van der Waals surface area contributed by atoms with Crippen LogP contribution in [0.1, 0.15) is 68.4 Å². The summed E-state index contributed by atoms with van der Waals surface area (Å²) < 4.78 is 0. The number of rotatable bonds is 4. The van der Waals surface area contributed by atoms with E-state index in [-0.39, 0.29) is 56.4 Å². The van der Waals surface area contributed by atoms with Crippen molar-refractivity contribution in [1.82, 2.24) is 0 Å². The van der Waals surface area contributed by atoms with Crippen molar-refractivity contribution < 1.29 is 51.0 Å². The van der Waals surface area contributed by atoms with Crippen molar-refractivity contribution in [2.45, 2.75) is 66.7 Å². The van der Waals surface area contributed by atoms with Crippen LogP contribution < -0.4 is 24.8 Å². The second-order valence-electron chi connectivity index (χ2n) is 14.4. The third-order valence-corrected chi connectivity index (χ3v) is 9.22. The van der Waals surface area contributed by atoms with E-state index in [1.54, 1.807) is 0 Å². The van der Waals surface area contributed by atoms with E-state index in [4.69, 9.17) is 0 Å². The van der Waals surface area contributed by atoms with Gasteiger partial charge in [0.1, 0.15) is 0 Å². The number of hydrogen-bond acceptors (Lipinski definition) is 0. The molecule has 0 atom stereocenters. The molecule has 0 saturated carbocycles. The second-order valence-corrected chi connectivity index (χ2v) is 14.4. The van der Waals surface area contributed by atoms with Crippen molar-refractivity contribution in [3.05, 3.63) is 155 Å². The Morgan fingerprint density at radius 3 is 1.61 bits per heavy atom. The maximum Gasteiger partial charge on any atom is 4.00 e. The Balaban J connectivity index is 0.000000251. The van der Waals surface area contributed by atoms with Crippen molar-refractivity contribution in [3.8, 4) is 33.4 Å². The van der Waals surface area contributed by atoms with E-state index < -0.39 is 0 Å². The molecule has 0 fully saturated rings. The Bertz CT molecular complexity index is 2100. The van der Waals surface area contributed by atoms with Crippen molar-refractivity contribution in [3.63, 3.8) is 0 Å². The summed E-state index contributed by atoms with van der Waals surface area (Å²) >= 11 is 0. The molecule has 0 aliphatic rings. The van der Waals surface area contributed by atoms with E-state index in [9.17, 15) is 0 Å². The van der Waals surface area contributed by atoms with Crippen LogP contribution in [-0.2, 0) is 31.6 Å². The Kier molecular flexibility index (Phi) is 13.7. The summed E-state index contributed by atoms with van der Waals surface area (Å²) in [7, 11) is 0. The van der Waals surface area contributed by atoms with Gasteiger partial charge in [-0.3, -0.25) is 0 Å². The molecule has 0 spiro atoms. The van der Waals surface area contributed by atoms with Crippen LogP contribution in [0.15, 0.2) is 127 Å². The molecule has 0 saturated heterocycles. The fourth-order valence-electron chi connectivity index (χ4n) is 6.35. The minimum atomic E-state index is 0. The summed E-state index contributed by atoms with van der Waals surface area (Å²) in [6.07, 6.45) is 0. The molecule has 0 radical (unpaired) electrons. The Morgan fingerprint density at radius 1 is 0.510 bits per heavy atom. The zero-order chi connectivity index (χ0) is 32.6. The summed E-state index contributed by atoms with van der Waals surface area (Å²) in [6.45, 7) is 17.7. The summed E-state index contributed by atoms with van der Waals surface area (Å²) in [6, 6.07) is 47.2. The molecule has 3 heteroatoms. The zero-order valence-corrected chi connectivity index (χ0v) is 33.9. The summed E-state index contributed by atoms with van der Waals surface area (Å²) in [5.41, 5.74) is 14.7. The average Bonchev–Trinajstić information content (AvgIpc) is 3.65. The molecule has 7 aromatic rings. The first kappa shape index (κ1) is 40.2. The first-order valence-electron chi connectivity index (χ1n) is 16.6. The van der Waals surface area contributed by atoms with Crippen LogP contribution in [0.4, 0.5) is 0 Å². The number of fused-ring (bicyclic) bond motifs is 2. The molecule has 7 rings (SSSR count). The van der Waals surface area contributed by atoms with Gasteiger partial charge in [0.05, 0.1) is 0 Å². The van der Waals surface area contributed by atoms with Crippen LogP contribution in [0.25, 0.3) is 54.9 Å². The fourth-order valence-corrected chi connectivity index (χ4v) is 6.35. The van der Waals surface area contributed by atoms with Crippen LogP contribution in [-0.4, -0.2) is 0 Å². The van der Waals surface area contributed by atoms with E-state index in [2.05, 4.69) is 183 Å². The van der Waals surface area contributed by atoms with Gasteiger partial charge in [0.15, 0.2) is 0 Å². The van der Waals surface area contributed by atoms with E-state index in [0.29, 0.717) is 5.92 Å². The molecule has 248 valence electrons. The molecule has 0 heterocycles. The second kappa shape index (κ2) is 16.7. The van der Waals surface area contributed by atoms with Crippen molar-refractivity contribution >= 4 is 21.5 Å². The molecule has 0 aliphatic heterocycles. The van der Waals surface area contributed by atoms with Crippen molar-refractivity contribution in [2.75, 3.05) is 0 Å². The van der Waals surface area contributed by atoms with E-state index in [0.717, 1.165) is 0 Å².